The van der Waals surface area contributed by atoms with Gasteiger partial charge >= 0.3 is 0 Å². The second kappa shape index (κ2) is 5.16. The Kier molecular flexibility index (Phi) is 4.10. The molecule has 0 aliphatic carbocycles. The molecule has 0 amide bonds. The van der Waals surface area contributed by atoms with Crippen LogP contribution < -0.4 is 0 Å². The van der Waals surface area contributed by atoms with Crippen LogP contribution in [0.15, 0.2) is 0 Å². The molecule has 0 N–H and O–H groups in total. The van der Waals surface area contributed by atoms with Gasteiger partial charge in [0.25, 0.3) is 0 Å². The molecular weight excluding hydrogens is 150 g/mol. The van der Waals surface area contributed by atoms with Crippen molar-refractivity contribution in [2.45, 2.75) is 57.7 Å². The van der Waals surface area contributed by atoms with Crippen molar-refractivity contribution in [3.05, 3.63) is 0 Å². The van der Waals surface area contributed by atoms with Crippen molar-refractivity contribution in [3.8, 4) is 6.07 Å². The Bertz CT molecular complexity index is 162. The van der Waals surface area contributed by atoms with Gasteiger partial charge in [-0.2, -0.15) is 5.26 Å². The Morgan fingerprint density at radius 2 is 2.00 bits per heavy atom. The summed E-state index contributed by atoms with van der Waals surface area (Å²) in [6.45, 7) is 2.22. The van der Waals surface area contributed by atoms with Gasteiger partial charge in [0.1, 0.15) is 0 Å². The first kappa shape index (κ1) is 9.54. The van der Waals surface area contributed by atoms with E-state index in [4.69, 9.17) is 10.00 Å². The maximum Gasteiger partial charge on any atom is 0.170 e. The molecule has 1 saturated heterocycles. The number of ether oxygens (including phenoxy) is 1. The minimum atomic E-state index is -0.0730. The first-order valence-corrected chi connectivity index (χ1v) is 4.93. The third kappa shape index (κ3) is 3.23. The van der Waals surface area contributed by atoms with Gasteiger partial charge in [-0.05, 0) is 6.42 Å². The fourth-order valence-corrected chi connectivity index (χ4v) is 1.43. The van der Waals surface area contributed by atoms with E-state index >= 15 is 0 Å². The molecule has 1 rings (SSSR count). The van der Waals surface area contributed by atoms with Crippen LogP contribution in [0.2, 0.25) is 0 Å². The highest BCUT2D eigenvalue weighted by Gasteiger charge is 2.37. The Labute approximate surface area is 74.5 Å². The topological polar surface area (TPSA) is 36.3 Å². The van der Waals surface area contributed by atoms with Gasteiger partial charge in [0.05, 0.1) is 12.2 Å². The molecule has 1 heterocycles. The van der Waals surface area contributed by atoms with Crippen LogP contribution in [0.5, 0.6) is 0 Å². The summed E-state index contributed by atoms with van der Waals surface area (Å²) >= 11 is 0. The Morgan fingerprint density at radius 1 is 1.25 bits per heavy atom. The van der Waals surface area contributed by atoms with Crippen molar-refractivity contribution in [2.75, 3.05) is 0 Å². The molecule has 0 spiro atoms. The summed E-state index contributed by atoms with van der Waals surface area (Å²) in [7, 11) is 0. The van der Waals surface area contributed by atoms with Gasteiger partial charge in [0.15, 0.2) is 6.10 Å². The van der Waals surface area contributed by atoms with Crippen molar-refractivity contribution in [1.82, 2.24) is 0 Å². The lowest BCUT2D eigenvalue weighted by Gasteiger charge is -1.96. The second-order valence-electron chi connectivity index (χ2n) is 3.43. The molecule has 2 heteroatoms. The number of unbranched alkanes of at least 4 members (excludes halogenated alkanes) is 4. The fraction of sp³-hybridized carbons (Fsp3) is 0.900. The molecule has 0 aromatic carbocycles. The van der Waals surface area contributed by atoms with E-state index < -0.39 is 0 Å². The van der Waals surface area contributed by atoms with Crippen molar-refractivity contribution in [1.29, 1.82) is 5.26 Å². The van der Waals surface area contributed by atoms with E-state index in [1.54, 1.807) is 0 Å². The summed E-state index contributed by atoms with van der Waals surface area (Å²) in [5.41, 5.74) is 0. The van der Waals surface area contributed by atoms with Gasteiger partial charge in [-0.3, -0.25) is 0 Å². The molecule has 1 aliphatic heterocycles. The number of rotatable bonds is 6. The third-order valence-electron chi connectivity index (χ3n) is 2.30. The number of nitrogens with zero attached hydrogens (tertiary/aromatic N) is 1. The highest BCUT2D eigenvalue weighted by Crippen LogP contribution is 2.26. The van der Waals surface area contributed by atoms with Crippen LogP contribution in [0.4, 0.5) is 0 Å². The minimum absolute atomic E-state index is 0.0730. The van der Waals surface area contributed by atoms with Gasteiger partial charge in [-0.1, -0.05) is 39.0 Å². The van der Waals surface area contributed by atoms with Crippen LogP contribution in [0.3, 0.4) is 0 Å². The first-order chi connectivity index (χ1) is 5.88. The number of epoxide rings is 1. The standard InChI is InChI=1S/C10H17NO/c1-2-3-4-5-6-7-9-10(8-11)12-9/h9-10H,2-7H2,1H3/t9-,10?/m1/s1. The molecule has 1 aliphatic rings. The lowest BCUT2D eigenvalue weighted by molar-refractivity contribution is 0.374. The molecule has 0 bridgehead atoms. The van der Waals surface area contributed by atoms with Gasteiger partial charge in [-0.25, -0.2) is 0 Å². The summed E-state index contributed by atoms with van der Waals surface area (Å²) in [6, 6.07) is 2.12. The zero-order valence-electron chi connectivity index (χ0n) is 7.75. The third-order valence-corrected chi connectivity index (χ3v) is 2.30. The molecule has 0 radical (unpaired) electrons. The van der Waals surface area contributed by atoms with Crippen molar-refractivity contribution in [2.24, 2.45) is 0 Å². The van der Waals surface area contributed by atoms with Crippen LogP contribution >= 0.6 is 0 Å². The predicted octanol–water partition coefficient (Wildman–Crippen LogP) is 2.64. The zero-order chi connectivity index (χ0) is 8.81. The zero-order valence-corrected chi connectivity index (χ0v) is 7.75. The fourth-order valence-electron chi connectivity index (χ4n) is 1.43. The normalized spacial score (nSPS) is 26.7. The first-order valence-electron chi connectivity index (χ1n) is 4.93. The number of nitriles is 1. The maximum absolute atomic E-state index is 8.44. The van der Waals surface area contributed by atoms with Crippen LogP contribution in [-0.4, -0.2) is 12.2 Å². The van der Waals surface area contributed by atoms with Crippen molar-refractivity contribution in [3.63, 3.8) is 0 Å². The summed E-state index contributed by atoms with van der Waals surface area (Å²) < 4.78 is 5.11. The van der Waals surface area contributed by atoms with E-state index in [0.29, 0.717) is 0 Å². The number of hydrogen-bond donors (Lipinski definition) is 0. The Hall–Kier alpha value is -0.550. The molecule has 2 atom stereocenters. The summed E-state index contributed by atoms with van der Waals surface area (Å²) in [5, 5.41) is 8.44. The summed E-state index contributed by atoms with van der Waals surface area (Å²) in [6.07, 6.45) is 7.78. The van der Waals surface area contributed by atoms with E-state index in [2.05, 4.69) is 13.0 Å². The summed E-state index contributed by atoms with van der Waals surface area (Å²) in [5.74, 6) is 0. The summed E-state index contributed by atoms with van der Waals surface area (Å²) in [4.78, 5) is 0. The Balaban J connectivity index is 1.82. The van der Waals surface area contributed by atoms with Gasteiger partial charge in [0, 0.05) is 0 Å². The maximum atomic E-state index is 8.44. The SMILES string of the molecule is CCCCCCC[C@H]1OC1C#N. The largest absolute Gasteiger partial charge is 0.353 e. The highest BCUT2D eigenvalue weighted by atomic mass is 16.6. The second-order valence-corrected chi connectivity index (χ2v) is 3.43. The molecule has 0 aromatic heterocycles. The lowest BCUT2D eigenvalue weighted by atomic mass is 10.1. The molecule has 0 saturated carbocycles. The van der Waals surface area contributed by atoms with Gasteiger partial charge < -0.3 is 4.74 Å². The molecule has 12 heavy (non-hydrogen) atoms. The molecule has 2 nitrogen and oxygen atoms in total. The minimum Gasteiger partial charge on any atom is -0.353 e. The van der Waals surface area contributed by atoms with E-state index in [0.717, 1.165) is 6.42 Å². The molecule has 1 fully saturated rings. The van der Waals surface area contributed by atoms with E-state index in [-0.39, 0.29) is 12.2 Å². The van der Waals surface area contributed by atoms with Crippen LogP contribution in [0.1, 0.15) is 45.4 Å². The van der Waals surface area contributed by atoms with Crippen molar-refractivity contribution >= 4 is 0 Å². The quantitative estimate of drug-likeness (QED) is 0.450. The van der Waals surface area contributed by atoms with E-state index in [1.165, 1.54) is 32.1 Å². The average molecular weight is 167 g/mol. The molecule has 68 valence electrons. The monoisotopic (exact) mass is 167 g/mol. The van der Waals surface area contributed by atoms with Crippen LogP contribution in [0.25, 0.3) is 0 Å². The Morgan fingerprint density at radius 3 is 2.58 bits per heavy atom. The lowest BCUT2D eigenvalue weighted by Crippen LogP contribution is -1.90. The van der Waals surface area contributed by atoms with Crippen LogP contribution in [0, 0.1) is 11.3 Å². The predicted molar refractivity (Wildman–Crippen MR) is 47.7 cm³/mol. The molecular formula is C10H17NO. The average Bonchev–Trinajstić information content (AvgIpc) is 2.83. The number of hydrogen-bond acceptors (Lipinski definition) is 2. The molecule has 1 unspecified atom stereocenters. The van der Waals surface area contributed by atoms with E-state index in [1.807, 2.05) is 0 Å². The smallest absolute Gasteiger partial charge is 0.170 e. The van der Waals surface area contributed by atoms with Crippen LogP contribution in [-0.2, 0) is 4.74 Å². The van der Waals surface area contributed by atoms with Gasteiger partial charge in [-0.15, -0.1) is 0 Å². The van der Waals surface area contributed by atoms with Crippen molar-refractivity contribution < 1.29 is 4.74 Å². The molecule has 0 aromatic rings. The van der Waals surface area contributed by atoms with Gasteiger partial charge in [0.2, 0.25) is 0 Å². The van der Waals surface area contributed by atoms with E-state index in [9.17, 15) is 0 Å². The highest BCUT2D eigenvalue weighted by molar-refractivity contribution is 5.01.